The monoisotopic (exact) mass is 438 g/mol. The number of aromatic nitrogens is 2. The van der Waals surface area contributed by atoms with E-state index in [-0.39, 0.29) is 18.2 Å². The molecule has 0 fully saturated rings. The van der Waals surface area contributed by atoms with Crippen LogP contribution < -0.4 is 20.1 Å². The first-order valence-corrected chi connectivity index (χ1v) is 10.0. The van der Waals surface area contributed by atoms with E-state index in [1.807, 2.05) is 12.1 Å². The van der Waals surface area contributed by atoms with E-state index in [4.69, 9.17) is 21.1 Å². The third kappa shape index (κ3) is 2.86. The molecule has 0 aliphatic carbocycles. The first-order valence-electron chi connectivity index (χ1n) is 9.65. The first kappa shape index (κ1) is 19.4. The van der Waals surface area contributed by atoms with Gasteiger partial charge < -0.3 is 20.1 Å². The van der Waals surface area contributed by atoms with Crippen molar-refractivity contribution in [3.63, 3.8) is 0 Å². The molecule has 2 aromatic carbocycles. The van der Waals surface area contributed by atoms with Crippen LogP contribution in [-0.4, -0.2) is 35.8 Å². The molecule has 1 atom stereocenters. The summed E-state index contributed by atoms with van der Waals surface area (Å²) in [7, 11) is 3.17. The van der Waals surface area contributed by atoms with Gasteiger partial charge in [-0.1, -0.05) is 11.6 Å². The maximum atomic E-state index is 13.2. The number of carbonyl (C=O) groups excluding carboxylic acids is 2. The fourth-order valence-corrected chi connectivity index (χ4v) is 4.55. The number of rotatable bonds is 4. The zero-order chi connectivity index (χ0) is 21.8. The third-order valence-electron chi connectivity index (χ3n) is 5.87. The Balaban J connectivity index is 1.62. The van der Waals surface area contributed by atoms with Gasteiger partial charge in [-0.25, -0.2) is 4.68 Å². The van der Waals surface area contributed by atoms with E-state index in [0.717, 1.165) is 5.56 Å². The number of benzene rings is 2. The van der Waals surface area contributed by atoms with Gasteiger partial charge in [0.1, 0.15) is 22.7 Å². The van der Waals surface area contributed by atoms with E-state index >= 15 is 0 Å². The van der Waals surface area contributed by atoms with E-state index in [9.17, 15) is 9.59 Å². The molecule has 2 aliphatic rings. The van der Waals surface area contributed by atoms with Crippen LogP contribution in [0.5, 0.6) is 11.5 Å². The second-order valence-electron chi connectivity index (χ2n) is 7.52. The SMILES string of the molecule is COc1ccc(Cn2ncc3c2NC(=O)CC32C(=O)Nc3ccc(Cl)cc32)c(OC)c1. The maximum absolute atomic E-state index is 13.2. The Labute approximate surface area is 183 Å². The summed E-state index contributed by atoms with van der Waals surface area (Å²) in [6.45, 7) is 0.336. The van der Waals surface area contributed by atoms with E-state index in [1.54, 1.807) is 49.4 Å². The van der Waals surface area contributed by atoms with Crippen LogP contribution in [0.4, 0.5) is 11.5 Å². The first-order chi connectivity index (χ1) is 15.0. The number of carbonyl (C=O) groups is 2. The van der Waals surface area contributed by atoms with Crippen LogP contribution in [0.25, 0.3) is 0 Å². The molecule has 0 saturated carbocycles. The predicted octanol–water partition coefficient (Wildman–Crippen LogP) is 3.18. The molecule has 2 amide bonds. The summed E-state index contributed by atoms with van der Waals surface area (Å²) in [5.41, 5.74) is 1.66. The molecule has 3 heterocycles. The van der Waals surface area contributed by atoms with Gasteiger partial charge in [-0.2, -0.15) is 5.10 Å². The van der Waals surface area contributed by atoms with Gasteiger partial charge in [0, 0.05) is 34.3 Å². The molecule has 1 unspecified atom stereocenters. The second-order valence-corrected chi connectivity index (χ2v) is 7.95. The van der Waals surface area contributed by atoms with Crippen molar-refractivity contribution in [1.82, 2.24) is 9.78 Å². The quantitative estimate of drug-likeness (QED) is 0.652. The number of ether oxygens (including phenoxy) is 2. The van der Waals surface area contributed by atoms with Crippen molar-refractivity contribution in [1.29, 1.82) is 0 Å². The Morgan fingerprint density at radius 2 is 1.94 bits per heavy atom. The van der Waals surface area contributed by atoms with Crippen LogP contribution >= 0.6 is 11.6 Å². The lowest BCUT2D eigenvalue weighted by molar-refractivity contribution is -0.125. The molecule has 2 aliphatic heterocycles. The number of fused-ring (bicyclic) bond motifs is 4. The van der Waals surface area contributed by atoms with Crippen molar-refractivity contribution >= 4 is 34.9 Å². The number of halogens is 1. The molecule has 3 aromatic rings. The van der Waals surface area contributed by atoms with Gasteiger partial charge in [-0.3, -0.25) is 9.59 Å². The van der Waals surface area contributed by atoms with Crippen LogP contribution in [0.3, 0.4) is 0 Å². The van der Waals surface area contributed by atoms with Crippen LogP contribution in [-0.2, 0) is 21.5 Å². The highest BCUT2D eigenvalue weighted by Crippen LogP contribution is 2.50. The van der Waals surface area contributed by atoms with E-state index < -0.39 is 5.41 Å². The minimum Gasteiger partial charge on any atom is -0.497 e. The molecule has 0 saturated heterocycles. The van der Waals surface area contributed by atoms with Gasteiger partial charge in [-0.05, 0) is 35.9 Å². The zero-order valence-corrected chi connectivity index (χ0v) is 17.6. The van der Waals surface area contributed by atoms with Crippen LogP contribution in [0.15, 0.2) is 42.6 Å². The highest BCUT2D eigenvalue weighted by Gasteiger charge is 2.54. The second kappa shape index (κ2) is 7.02. The molecule has 158 valence electrons. The molecular weight excluding hydrogens is 420 g/mol. The Kier molecular flexibility index (Phi) is 4.40. The zero-order valence-electron chi connectivity index (χ0n) is 16.9. The van der Waals surface area contributed by atoms with Gasteiger partial charge in [0.25, 0.3) is 0 Å². The molecule has 0 bridgehead atoms. The highest BCUT2D eigenvalue weighted by atomic mass is 35.5. The van der Waals surface area contributed by atoms with Crippen LogP contribution in [0.1, 0.15) is 23.1 Å². The van der Waals surface area contributed by atoms with Gasteiger partial charge in [0.15, 0.2) is 0 Å². The van der Waals surface area contributed by atoms with Crippen LogP contribution in [0, 0.1) is 0 Å². The number of methoxy groups -OCH3 is 2. The summed E-state index contributed by atoms with van der Waals surface area (Å²) in [6, 6.07) is 10.7. The van der Waals surface area contributed by atoms with Crippen molar-refractivity contribution in [2.75, 3.05) is 24.9 Å². The van der Waals surface area contributed by atoms with E-state index in [0.29, 0.717) is 45.7 Å². The Hall–Kier alpha value is -3.52. The van der Waals surface area contributed by atoms with Crippen molar-refractivity contribution in [2.45, 2.75) is 18.4 Å². The lowest BCUT2D eigenvalue weighted by atomic mass is 9.72. The average molecular weight is 439 g/mol. The topological polar surface area (TPSA) is 94.5 Å². The molecule has 1 aromatic heterocycles. The molecular formula is C22H19ClN4O4. The normalized spacial score (nSPS) is 18.9. The summed E-state index contributed by atoms with van der Waals surface area (Å²) >= 11 is 6.22. The average Bonchev–Trinajstić information content (AvgIpc) is 3.28. The third-order valence-corrected chi connectivity index (χ3v) is 6.11. The fraction of sp³-hybridized carbons (Fsp3) is 0.227. The summed E-state index contributed by atoms with van der Waals surface area (Å²) < 4.78 is 12.4. The van der Waals surface area contributed by atoms with Crippen molar-refractivity contribution in [3.8, 4) is 11.5 Å². The maximum Gasteiger partial charge on any atom is 0.240 e. The van der Waals surface area contributed by atoms with Crippen molar-refractivity contribution < 1.29 is 19.1 Å². The van der Waals surface area contributed by atoms with Gasteiger partial charge in [0.05, 0.1) is 27.0 Å². The smallest absolute Gasteiger partial charge is 0.240 e. The van der Waals surface area contributed by atoms with E-state index in [1.165, 1.54) is 0 Å². The van der Waals surface area contributed by atoms with Gasteiger partial charge >= 0.3 is 0 Å². The number of nitrogens with zero attached hydrogens (tertiary/aromatic N) is 2. The van der Waals surface area contributed by atoms with E-state index in [2.05, 4.69) is 15.7 Å². The number of hydrogen-bond acceptors (Lipinski definition) is 5. The number of nitrogens with one attached hydrogen (secondary N) is 2. The Bertz CT molecular complexity index is 1240. The molecule has 31 heavy (non-hydrogen) atoms. The lowest BCUT2D eigenvalue weighted by Gasteiger charge is -2.31. The summed E-state index contributed by atoms with van der Waals surface area (Å²) in [5, 5.41) is 10.8. The molecule has 9 heteroatoms. The lowest BCUT2D eigenvalue weighted by Crippen LogP contribution is -2.43. The Morgan fingerprint density at radius 1 is 1.10 bits per heavy atom. The summed E-state index contributed by atoms with van der Waals surface area (Å²) in [4.78, 5) is 25.9. The van der Waals surface area contributed by atoms with Gasteiger partial charge in [0.2, 0.25) is 11.8 Å². The minimum absolute atomic E-state index is 0.0171. The van der Waals surface area contributed by atoms with Gasteiger partial charge in [-0.15, -0.1) is 0 Å². The summed E-state index contributed by atoms with van der Waals surface area (Å²) in [5.74, 6) is 1.26. The highest BCUT2D eigenvalue weighted by molar-refractivity contribution is 6.31. The molecule has 1 spiro atoms. The number of amides is 2. The Morgan fingerprint density at radius 3 is 2.71 bits per heavy atom. The molecule has 8 nitrogen and oxygen atoms in total. The minimum atomic E-state index is -1.17. The largest absolute Gasteiger partial charge is 0.497 e. The fourth-order valence-electron chi connectivity index (χ4n) is 4.38. The molecule has 2 N–H and O–H groups in total. The van der Waals surface area contributed by atoms with Crippen molar-refractivity contribution in [3.05, 3.63) is 64.3 Å². The number of anilines is 2. The van der Waals surface area contributed by atoms with Crippen LogP contribution in [0.2, 0.25) is 5.02 Å². The summed E-state index contributed by atoms with van der Waals surface area (Å²) in [6.07, 6.45) is 1.62. The van der Waals surface area contributed by atoms with Crippen molar-refractivity contribution in [2.24, 2.45) is 0 Å². The standard InChI is InChI=1S/C22H19ClN4O4/c1-30-14-5-3-12(18(8-14)31-2)11-27-20-16(10-24-27)22(9-19(28)26-20)15-7-13(23)4-6-17(15)25-21(22)29/h3-8,10H,9,11H2,1-2H3,(H,25,29)(H,26,28). The predicted molar refractivity (Wildman–Crippen MR) is 115 cm³/mol. The molecule has 0 radical (unpaired) electrons. The number of hydrogen-bond donors (Lipinski definition) is 2. The molecule has 5 rings (SSSR count).